The van der Waals surface area contributed by atoms with Gasteiger partial charge in [0.05, 0.1) is 0 Å². The van der Waals surface area contributed by atoms with E-state index < -0.39 is 0 Å². The molecule has 302 valence electrons. The summed E-state index contributed by atoms with van der Waals surface area (Å²) in [4.78, 5) is 4.62. The lowest BCUT2D eigenvalue weighted by molar-refractivity contribution is 1.29. The highest BCUT2D eigenvalue weighted by Gasteiger charge is 2.15. The Balaban J connectivity index is 0.779. The Kier molecular flexibility index (Phi) is 10.3. The quantitative estimate of drug-likeness (QED) is 0.136. The first-order valence-corrected chi connectivity index (χ1v) is 21.9. The van der Waals surface area contributed by atoms with E-state index in [1.54, 1.807) is 0 Å². The Morgan fingerprint density at radius 1 is 0.156 bits per heavy atom. The van der Waals surface area contributed by atoms with Crippen molar-refractivity contribution < 1.29 is 0 Å². The van der Waals surface area contributed by atoms with Crippen LogP contribution < -0.4 is 9.80 Å². The number of para-hydroxylation sites is 4. The maximum absolute atomic E-state index is 2.31. The predicted octanol–water partition coefficient (Wildman–Crippen LogP) is 17.6. The topological polar surface area (TPSA) is 6.48 Å². The third kappa shape index (κ3) is 7.81. The molecule has 0 spiro atoms. The molecule has 0 fully saturated rings. The molecule has 0 saturated heterocycles. The molecule has 0 N–H and O–H groups in total. The zero-order valence-corrected chi connectivity index (χ0v) is 35.3. The van der Waals surface area contributed by atoms with E-state index in [2.05, 4.69) is 277 Å². The molecular formula is C62H44N2. The Morgan fingerprint density at radius 2 is 0.375 bits per heavy atom. The number of hydrogen-bond acceptors (Lipinski definition) is 2. The third-order valence-electron chi connectivity index (χ3n) is 12.2. The number of nitrogens with zero attached hydrogens (tertiary/aromatic N) is 2. The van der Waals surface area contributed by atoms with Crippen molar-refractivity contribution in [3.8, 4) is 44.5 Å². The number of anilines is 6. The van der Waals surface area contributed by atoms with Crippen molar-refractivity contribution in [2.45, 2.75) is 0 Å². The van der Waals surface area contributed by atoms with Crippen molar-refractivity contribution in [1.82, 2.24) is 0 Å². The molecule has 0 aliphatic carbocycles. The van der Waals surface area contributed by atoms with Gasteiger partial charge >= 0.3 is 0 Å². The lowest BCUT2D eigenvalue weighted by atomic mass is 9.96. The molecule has 0 aromatic heterocycles. The van der Waals surface area contributed by atoms with E-state index >= 15 is 0 Å². The van der Waals surface area contributed by atoms with Crippen LogP contribution in [0.1, 0.15) is 0 Å². The average Bonchev–Trinajstić information content (AvgIpc) is 3.38. The Labute approximate surface area is 375 Å². The van der Waals surface area contributed by atoms with E-state index in [0.29, 0.717) is 0 Å². The van der Waals surface area contributed by atoms with Crippen LogP contribution in [0, 0.1) is 0 Å². The SMILES string of the molecule is c1ccc(N(c2ccccc2)c2ccc3cc(-c4ccc(-c5ccc(-c6ccc(-c7ccc8cc(N(c9ccccc9)c9ccccc9)ccc8c7)cc6)cc5)cc4)ccc3c2)cc1. The molecule has 11 aromatic rings. The van der Waals surface area contributed by atoms with E-state index in [1.165, 1.54) is 66.1 Å². The minimum atomic E-state index is 1.14. The van der Waals surface area contributed by atoms with Gasteiger partial charge in [0.25, 0.3) is 0 Å². The van der Waals surface area contributed by atoms with Crippen molar-refractivity contribution in [2.24, 2.45) is 0 Å². The van der Waals surface area contributed by atoms with Gasteiger partial charge in [-0.25, -0.2) is 0 Å². The first-order chi connectivity index (χ1) is 31.7. The van der Waals surface area contributed by atoms with Crippen LogP contribution in [0.5, 0.6) is 0 Å². The van der Waals surface area contributed by atoms with Gasteiger partial charge in [0.15, 0.2) is 0 Å². The van der Waals surface area contributed by atoms with E-state index in [-0.39, 0.29) is 0 Å². The Bertz CT molecular complexity index is 3020. The van der Waals surface area contributed by atoms with Crippen LogP contribution in [-0.2, 0) is 0 Å². The molecule has 0 bridgehead atoms. The summed E-state index contributed by atoms with van der Waals surface area (Å²) in [7, 11) is 0. The molecular weight excluding hydrogens is 773 g/mol. The zero-order valence-electron chi connectivity index (χ0n) is 35.3. The van der Waals surface area contributed by atoms with Crippen LogP contribution in [0.3, 0.4) is 0 Å². The van der Waals surface area contributed by atoms with Gasteiger partial charge in [-0.2, -0.15) is 0 Å². The van der Waals surface area contributed by atoms with Gasteiger partial charge in [-0.3, -0.25) is 0 Å². The van der Waals surface area contributed by atoms with Crippen molar-refractivity contribution in [3.05, 3.63) is 267 Å². The number of benzene rings is 11. The highest BCUT2D eigenvalue weighted by atomic mass is 15.1. The highest BCUT2D eigenvalue weighted by Crippen LogP contribution is 2.39. The molecule has 0 heterocycles. The molecule has 0 amide bonds. The Morgan fingerprint density at radius 3 is 0.656 bits per heavy atom. The highest BCUT2D eigenvalue weighted by molar-refractivity contribution is 5.94. The minimum absolute atomic E-state index is 1.14. The molecule has 64 heavy (non-hydrogen) atoms. The molecule has 0 aliphatic heterocycles. The summed E-state index contributed by atoms with van der Waals surface area (Å²) in [6.45, 7) is 0. The average molecular weight is 817 g/mol. The molecule has 11 aromatic carbocycles. The van der Waals surface area contributed by atoms with Crippen LogP contribution in [0.4, 0.5) is 34.1 Å². The lowest BCUT2D eigenvalue weighted by Gasteiger charge is -2.25. The summed E-state index contributed by atoms with van der Waals surface area (Å²) in [5.41, 5.74) is 16.5. The second-order valence-electron chi connectivity index (χ2n) is 16.2. The minimum Gasteiger partial charge on any atom is -0.310 e. The van der Waals surface area contributed by atoms with E-state index in [0.717, 1.165) is 34.1 Å². The number of hydrogen-bond donors (Lipinski definition) is 0. The third-order valence-corrected chi connectivity index (χ3v) is 12.2. The van der Waals surface area contributed by atoms with Gasteiger partial charge in [0.2, 0.25) is 0 Å². The normalized spacial score (nSPS) is 11.1. The fraction of sp³-hybridized carbons (Fsp3) is 0. The number of rotatable bonds is 10. The standard InChI is InChI=1S/C62H44N2/c1-5-13-57(14-6-1)63(58-15-7-2-8-16-58)61-39-37-53-41-51(33-35-55(53)43-61)49-29-25-47(26-30-49)45-21-23-46(24-22-45)48-27-31-50(32-28-48)52-34-36-56-44-62(40-38-54(56)42-52)64(59-17-9-3-10-18-59)60-19-11-4-12-20-60/h1-44H. The van der Waals surface area contributed by atoms with Crippen LogP contribution in [-0.4, -0.2) is 0 Å². The summed E-state index contributed by atoms with van der Waals surface area (Å²) < 4.78 is 0. The molecule has 0 aliphatic rings. The van der Waals surface area contributed by atoms with Crippen molar-refractivity contribution in [2.75, 3.05) is 9.80 Å². The van der Waals surface area contributed by atoms with E-state index in [9.17, 15) is 0 Å². The maximum atomic E-state index is 2.31. The first-order valence-electron chi connectivity index (χ1n) is 21.9. The van der Waals surface area contributed by atoms with Crippen LogP contribution >= 0.6 is 0 Å². The van der Waals surface area contributed by atoms with Crippen molar-refractivity contribution in [1.29, 1.82) is 0 Å². The summed E-state index contributed by atoms with van der Waals surface area (Å²) in [5, 5.41) is 4.86. The largest absolute Gasteiger partial charge is 0.310 e. The van der Waals surface area contributed by atoms with Crippen molar-refractivity contribution in [3.63, 3.8) is 0 Å². The summed E-state index contributed by atoms with van der Waals surface area (Å²) >= 11 is 0. The molecule has 0 saturated carbocycles. The van der Waals surface area contributed by atoms with Gasteiger partial charge in [-0.15, -0.1) is 0 Å². The van der Waals surface area contributed by atoms with Gasteiger partial charge in [-0.1, -0.05) is 182 Å². The van der Waals surface area contributed by atoms with Crippen LogP contribution in [0.25, 0.3) is 66.1 Å². The summed E-state index contributed by atoms with van der Waals surface area (Å²) in [6, 6.07) is 96.1. The van der Waals surface area contributed by atoms with Crippen LogP contribution in [0.2, 0.25) is 0 Å². The molecule has 11 rings (SSSR count). The Hall–Kier alpha value is -8.46. The lowest BCUT2D eigenvalue weighted by Crippen LogP contribution is -2.09. The molecule has 2 heteroatoms. The molecule has 2 nitrogen and oxygen atoms in total. The van der Waals surface area contributed by atoms with Crippen LogP contribution in [0.15, 0.2) is 267 Å². The molecule has 0 radical (unpaired) electrons. The second-order valence-corrected chi connectivity index (χ2v) is 16.2. The monoisotopic (exact) mass is 816 g/mol. The zero-order chi connectivity index (χ0) is 42.7. The number of fused-ring (bicyclic) bond motifs is 2. The van der Waals surface area contributed by atoms with Gasteiger partial charge in [-0.05, 0) is 151 Å². The maximum Gasteiger partial charge on any atom is 0.0468 e. The fourth-order valence-electron chi connectivity index (χ4n) is 8.87. The summed E-state index contributed by atoms with van der Waals surface area (Å²) in [6.07, 6.45) is 0. The smallest absolute Gasteiger partial charge is 0.0468 e. The fourth-order valence-corrected chi connectivity index (χ4v) is 8.87. The second kappa shape index (κ2) is 17.1. The van der Waals surface area contributed by atoms with Gasteiger partial charge in [0, 0.05) is 34.1 Å². The van der Waals surface area contributed by atoms with Gasteiger partial charge in [0.1, 0.15) is 0 Å². The van der Waals surface area contributed by atoms with Gasteiger partial charge < -0.3 is 9.80 Å². The molecule has 0 atom stereocenters. The molecule has 0 unspecified atom stereocenters. The summed E-state index contributed by atoms with van der Waals surface area (Å²) in [5.74, 6) is 0. The van der Waals surface area contributed by atoms with Crippen molar-refractivity contribution >= 4 is 55.7 Å². The predicted molar refractivity (Wildman–Crippen MR) is 273 cm³/mol. The van der Waals surface area contributed by atoms with E-state index in [4.69, 9.17) is 0 Å². The van der Waals surface area contributed by atoms with E-state index in [1.807, 2.05) is 0 Å². The first kappa shape index (κ1) is 38.5.